The van der Waals surface area contributed by atoms with E-state index in [1.165, 1.54) is 0 Å². The van der Waals surface area contributed by atoms with Gasteiger partial charge in [-0.2, -0.15) is 0 Å². The maximum Gasteiger partial charge on any atom is 0.321 e. The Kier molecular flexibility index (Phi) is 6.40. The van der Waals surface area contributed by atoms with Crippen molar-refractivity contribution >= 4 is 17.6 Å². The molecule has 1 fully saturated rings. The average molecular weight is 319 g/mol. The maximum atomic E-state index is 12.2. The molecule has 6 nitrogen and oxygen atoms in total. The van der Waals surface area contributed by atoms with Gasteiger partial charge in [0.2, 0.25) is 0 Å². The third kappa shape index (κ3) is 5.25. The van der Waals surface area contributed by atoms with Crippen LogP contribution in [0.15, 0.2) is 24.3 Å². The number of anilines is 1. The van der Waals surface area contributed by atoms with E-state index >= 15 is 0 Å². The summed E-state index contributed by atoms with van der Waals surface area (Å²) in [6.07, 6.45) is 3.14. The summed E-state index contributed by atoms with van der Waals surface area (Å²) >= 11 is 0. The molecule has 0 spiro atoms. The lowest BCUT2D eigenvalue weighted by Gasteiger charge is -2.25. The summed E-state index contributed by atoms with van der Waals surface area (Å²) in [5, 5.41) is 5.40. The normalized spacial score (nSPS) is 15.0. The number of ether oxygens (including phenoxy) is 1. The van der Waals surface area contributed by atoms with Crippen molar-refractivity contribution in [3.05, 3.63) is 29.8 Å². The van der Waals surface area contributed by atoms with Crippen LogP contribution in [0.2, 0.25) is 0 Å². The van der Waals surface area contributed by atoms with Gasteiger partial charge >= 0.3 is 6.03 Å². The molecule has 3 amide bonds. The number of carbonyl (C=O) groups is 2. The molecule has 0 radical (unpaired) electrons. The molecule has 0 bridgehead atoms. The Labute approximate surface area is 137 Å². The fourth-order valence-corrected chi connectivity index (χ4v) is 2.61. The van der Waals surface area contributed by atoms with Crippen LogP contribution in [0.5, 0.6) is 0 Å². The first kappa shape index (κ1) is 17.3. The molecule has 1 aromatic rings. The smallest absolute Gasteiger partial charge is 0.321 e. The highest BCUT2D eigenvalue weighted by Crippen LogP contribution is 2.19. The van der Waals surface area contributed by atoms with Gasteiger partial charge in [0.05, 0.1) is 0 Å². The fraction of sp³-hybridized carbons (Fsp3) is 0.529. The minimum atomic E-state index is -0.172. The first-order valence-corrected chi connectivity index (χ1v) is 8.02. The SMILES string of the molecule is CNC(=O)c1cccc(NC(=O)N(C)CCC2CCOCC2)c1. The van der Waals surface area contributed by atoms with Crippen molar-refractivity contribution < 1.29 is 14.3 Å². The average Bonchev–Trinajstić information content (AvgIpc) is 2.60. The molecule has 126 valence electrons. The van der Waals surface area contributed by atoms with E-state index in [4.69, 9.17) is 4.74 Å². The van der Waals surface area contributed by atoms with Gasteiger partial charge < -0.3 is 20.3 Å². The zero-order chi connectivity index (χ0) is 16.7. The second-order valence-corrected chi connectivity index (χ2v) is 5.86. The number of carbonyl (C=O) groups excluding carboxylic acids is 2. The number of amides is 3. The number of hydrogen-bond acceptors (Lipinski definition) is 3. The minimum Gasteiger partial charge on any atom is -0.381 e. The van der Waals surface area contributed by atoms with Crippen molar-refractivity contribution in [1.29, 1.82) is 0 Å². The van der Waals surface area contributed by atoms with Gasteiger partial charge in [0.15, 0.2) is 0 Å². The summed E-state index contributed by atoms with van der Waals surface area (Å²) in [5.74, 6) is 0.463. The molecule has 23 heavy (non-hydrogen) atoms. The minimum absolute atomic E-state index is 0.161. The van der Waals surface area contributed by atoms with E-state index in [-0.39, 0.29) is 11.9 Å². The molecule has 1 heterocycles. The number of nitrogens with zero attached hydrogens (tertiary/aromatic N) is 1. The lowest BCUT2D eigenvalue weighted by molar-refractivity contribution is 0.0621. The first-order valence-electron chi connectivity index (χ1n) is 8.02. The standard InChI is InChI=1S/C17H25N3O3/c1-18-16(21)14-4-3-5-15(12-14)19-17(22)20(2)9-6-13-7-10-23-11-8-13/h3-5,12-13H,6-11H2,1-2H3,(H,18,21)(H,19,22). The second kappa shape index (κ2) is 8.53. The Balaban J connectivity index is 1.84. The highest BCUT2D eigenvalue weighted by molar-refractivity contribution is 5.96. The van der Waals surface area contributed by atoms with Crippen molar-refractivity contribution in [3.8, 4) is 0 Å². The molecule has 1 saturated heterocycles. The van der Waals surface area contributed by atoms with Crippen LogP contribution in [0.3, 0.4) is 0 Å². The lowest BCUT2D eigenvalue weighted by atomic mass is 9.96. The van der Waals surface area contributed by atoms with Crippen LogP contribution in [0.1, 0.15) is 29.6 Å². The third-order valence-corrected chi connectivity index (χ3v) is 4.16. The quantitative estimate of drug-likeness (QED) is 0.875. The molecule has 1 aromatic carbocycles. The van der Waals surface area contributed by atoms with Crippen molar-refractivity contribution in [1.82, 2.24) is 10.2 Å². The Hall–Kier alpha value is -2.08. The van der Waals surface area contributed by atoms with Gasteiger partial charge in [-0.25, -0.2) is 4.79 Å². The van der Waals surface area contributed by atoms with Gasteiger partial charge in [-0.05, 0) is 43.4 Å². The van der Waals surface area contributed by atoms with Gasteiger partial charge in [-0.1, -0.05) is 6.07 Å². The highest BCUT2D eigenvalue weighted by Gasteiger charge is 2.16. The van der Waals surface area contributed by atoms with E-state index in [9.17, 15) is 9.59 Å². The largest absolute Gasteiger partial charge is 0.381 e. The molecule has 0 saturated carbocycles. The molecule has 1 aliphatic heterocycles. The van der Waals surface area contributed by atoms with Gasteiger partial charge in [-0.15, -0.1) is 0 Å². The summed E-state index contributed by atoms with van der Waals surface area (Å²) in [6.45, 7) is 2.37. The molecule has 0 unspecified atom stereocenters. The molecule has 1 aliphatic rings. The Bertz CT molecular complexity index is 542. The van der Waals surface area contributed by atoms with Crippen molar-refractivity contribution in [2.45, 2.75) is 19.3 Å². The Morgan fingerprint density at radius 2 is 2.04 bits per heavy atom. The predicted molar refractivity (Wildman–Crippen MR) is 89.6 cm³/mol. The third-order valence-electron chi connectivity index (χ3n) is 4.16. The summed E-state index contributed by atoms with van der Waals surface area (Å²) < 4.78 is 5.35. The zero-order valence-electron chi connectivity index (χ0n) is 13.8. The van der Waals surface area contributed by atoms with Crippen molar-refractivity contribution in [3.63, 3.8) is 0 Å². The Morgan fingerprint density at radius 3 is 2.74 bits per heavy atom. The van der Waals surface area contributed by atoms with Crippen molar-refractivity contribution in [2.24, 2.45) is 5.92 Å². The van der Waals surface area contributed by atoms with Gasteiger partial charge in [0.1, 0.15) is 0 Å². The molecular weight excluding hydrogens is 294 g/mol. The van der Waals surface area contributed by atoms with E-state index in [2.05, 4.69) is 10.6 Å². The molecule has 2 rings (SSSR count). The maximum absolute atomic E-state index is 12.2. The molecule has 0 aromatic heterocycles. The molecule has 2 N–H and O–H groups in total. The summed E-state index contributed by atoms with van der Waals surface area (Å²) in [5.41, 5.74) is 1.14. The summed E-state index contributed by atoms with van der Waals surface area (Å²) in [4.78, 5) is 25.5. The predicted octanol–water partition coefficient (Wildman–Crippen LogP) is 2.33. The topological polar surface area (TPSA) is 70.7 Å². The van der Waals surface area contributed by atoms with Crippen LogP contribution >= 0.6 is 0 Å². The van der Waals surface area contributed by atoms with Gasteiger partial charge in [-0.3, -0.25) is 4.79 Å². The van der Waals surface area contributed by atoms with E-state index in [0.717, 1.165) is 32.5 Å². The van der Waals surface area contributed by atoms with Gasteiger partial charge in [0.25, 0.3) is 5.91 Å². The van der Waals surface area contributed by atoms with E-state index < -0.39 is 0 Å². The molecule has 0 atom stereocenters. The van der Waals surface area contributed by atoms with Crippen molar-refractivity contribution in [2.75, 3.05) is 39.2 Å². The van der Waals surface area contributed by atoms with Gasteiger partial charge in [0, 0.05) is 45.1 Å². The van der Waals surface area contributed by atoms with Crippen LogP contribution in [0, 0.1) is 5.92 Å². The fourth-order valence-electron chi connectivity index (χ4n) is 2.61. The number of urea groups is 1. The van der Waals surface area contributed by atoms with Crippen LogP contribution in [0.4, 0.5) is 10.5 Å². The van der Waals surface area contributed by atoms with Crippen LogP contribution < -0.4 is 10.6 Å². The Morgan fingerprint density at radius 1 is 1.30 bits per heavy atom. The lowest BCUT2D eigenvalue weighted by Crippen LogP contribution is -2.33. The summed E-state index contributed by atoms with van der Waals surface area (Å²) in [6, 6.07) is 6.75. The number of rotatable bonds is 5. The van der Waals surface area contributed by atoms with E-state index in [1.54, 1.807) is 43.3 Å². The van der Waals surface area contributed by atoms with E-state index in [1.807, 2.05) is 0 Å². The highest BCUT2D eigenvalue weighted by atomic mass is 16.5. The van der Waals surface area contributed by atoms with Crippen LogP contribution in [-0.2, 0) is 4.74 Å². The molecule has 0 aliphatic carbocycles. The van der Waals surface area contributed by atoms with Crippen LogP contribution in [0.25, 0.3) is 0 Å². The zero-order valence-corrected chi connectivity index (χ0v) is 13.8. The monoisotopic (exact) mass is 319 g/mol. The molecular formula is C17H25N3O3. The number of benzene rings is 1. The number of nitrogens with one attached hydrogen (secondary N) is 2. The van der Waals surface area contributed by atoms with Crippen LogP contribution in [-0.4, -0.2) is 50.7 Å². The molecule has 6 heteroatoms. The second-order valence-electron chi connectivity index (χ2n) is 5.86. The number of hydrogen-bond donors (Lipinski definition) is 2. The first-order chi connectivity index (χ1) is 11.1. The van der Waals surface area contributed by atoms with E-state index in [0.29, 0.717) is 23.7 Å². The summed E-state index contributed by atoms with van der Waals surface area (Å²) in [7, 11) is 3.37.